The van der Waals surface area contributed by atoms with E-state index < -0.39 is 5.60 Å². The number of carbonyl (C=O) groups excluding carboxylic acids is 1. The van der Waals surface area contributed by atoms with Crippen molar-refractivity contribution < 1.29 is 13.9 Å². The molecule has 3 aromatic rings. The Hall–Kier alpha value is -3.10. The lowest BCUT2D eigenvalue weighted by Gasteiger charge is -2.36. The number of nitrogens with zero attached hydrogens (tertiary/aromatic N) is 5. The number of rotatable bonds is 2. The first-order chi connectivity index (χ1) is 13.7. The van der Waals surface area contributed by atoms with Gasteiger partial charge in [-0.05, 0) is 26.8 Å². The first kappa shape index (κ1) is 19.2. The van der Waals surface area contributed by atoms with Crippen LogP contribution in [-0.4, -0.2) is 62.5 Å². The van der Waals surface area contributed by atoms with Crippen LogP contribution in [0.25, 0.3) is 22.3 Å². The Kier molecular flexibility index (Phi) is 4.68. The zero-order valence-corrected chi connectivity index (χ0v) is 17.1. The SMILES string of the molecule is Cn1cc(-c2[nH]c3nccc(N4CCN(C(=O)OC(C)(C)C)CC4)c3c2F)cn1. The van der Waals surface area contributed by atoms with E-state index in [4.69, 9.17) is 4.74 Å². The molecular formula is C20H25FN6O2. The monoisotopic (exact) mass is 400 g/mol. The predicted molar refractivity (Wildman–Crippen MR) is 108 cm³/mol. The Bertz CT molecular complexity index is 1040. The molecule has 4 heterocycles. The fourth-order valence-corrected chi connectivity index (χ4v) is 3.53. The first-order valence-electron chi connectivity index (χ1n) is 9.61. The number of aryl methyl sites for hydroxylation is 1. The highest BCUT2D eigenvalue weighted by molar-refractivity contribution is 5.94. The molecule has 1 aliphatic heterocycles. The number of anilines is 1. The van der Waals surface area contributed by atoms with Crippen LogP contribution in [0.2, 0.25) is 0 Å². The van der Waals surface area contributed by atoms with Gasteiger partial charge in [-0.1, -0.05) is 0 Å². The molecule has 1 N–H and O–H groups in total. The number of nitrogens with one attached hydrogen (secondary N) is 1. The summed E-state index contributed by atoms with van der Waals surface area (Å²) in [6.45, 7) is 7.76. The van der Waals surface area contributed by atoms with E-state index in [0.29, 0.717) is 48.5 Å². The topological polar surface area (TPSA) is 79.3 Å². The van der Waals surface area contributed by atoms with E-state index in [1.165, 1.54) is 0 Å². The fourth-order valence-electron chi connectivity index (χ4n) is 3.53. The highest BCUT2D eigenvalue weighted by Gasteiger charge is 2.28. The number of carbonyl (C=O) groups is 1. The maximum absolute atomic E-state index is 15.3. The van der Waals surface area contributed by atoms with Crippen LogP contribution in [0.4, 0.5) is 14.9 Å². The van der Waals surface area contributed by atoms with Crippen molar-refractivity contribution in [2.24, 2.45) is 7.05 Å². The average molecular weight is 400 g/mol. The number of ether oxygens (including phenoxy) is 1. The van der Waals surface area contributed by atoms with Gasteiger partial charge in [0.25, 0.3) is 0 Å². The third kappa shape index (κ3) is 3.76. The second-order valence-electron chi connectivity index (χ2n) is 8.22. The zero-order chi connectivity index (χ0) is 20.8. The number of hydrogen-bond donors (Lipinski definition) is 1. The van der Waals surface area contributed by atoms with E-state index in [-0.39, 0.29) is 11.9 Å². The number of aromatic nitrogens is 4. The smallest absolute Gasteiger partial charge is 0.410 e. The molecule has 154 valence electrons. The summed E-state index contributed by atoms with van der Waals surface area (Å²) >= 11 is 0. The van der Waals surface area contributed by atoms with Crippen LogP contribution in [0.1, 0.15) is 20.8 Å². The number of aromatic amines is 1. The van der Waals surface area contributed by atoms with Crippen molar-refractivity contribution >= 4 is 22.8 Å². The molecule has 0 unspecified atom stereocenters. The standard InChI is InChI=1S/C20H25FN6O2/c1-20(2,3)29-19(28)27-9-7-26(8-10-27)14-5-6-22-18-15(14)16(21)17(24-18)13-11-23-25(4)12-13/h5-6,11-12H,7-10H2,1-4H3,(H,22,24). The molecule has 9 heteroatoms. The number of piperazine rings is 1. The molecule has 0 aliphatic carbocycles. The van der Waals surface area contributed by atoms with Gasteiger partial charge in [0.1, 0.15) is 11.2 Å². The molecule has 1 fully saturated rings. The van der Waals surface area contributed by atoms with Crippen molar-refractivity contribution in [3.05, 3.63) is 30.5 Å². The predicted octanol–water partition coefficient (Wildman–Crippen LogP) is 3.16. The molecule has 8 nitrogen and oxygen atoms in total. The summed E-state index contributed by atoms with van der Waals surface area (Å²) in [7, 11) is 1.79. The first-order valence-corrected chi connectivity index (χ1v) is 9.61. The summed E-state index contributed by atoms with van der Waals surface area (Å²) < 4.78 is 22.4. The Morgan fingerprint density at radius 2 is 1.97 bits per heavy atom. The van der Waals surface area contributed by atoms with Gasteiger partial charge < -0.3 is 19.5 Å². The summed E-state index contributed by atoms with van der Waals surface area (Å²) in [5.74, 6) is -0.342. The second-order valence-corrected chi connectivity index (χ2v) is 8.22. The van der Waals surface area contributed by atoms with E-state index in [1.54, 1.807) is 35.2 Å². The molecule has 0 spiro atoms. The van der Waals surface area contributed by atoms with Crippen LogP contribution in [-0.2, 0) is 11.8 Å². The quantitative estimate of drug-likeness (QED) is 0.715. The highest BCUT2D eigenvalue weighted by atomic mass is 19.1. The maximum atomic E-state index is 15.3. The lowest BCUT2D eigenvalue weighted by atomic mass is 10.2. The van der Waals surface area contributed by atoms with Crippen LogP contribution < -0.4 is 4.90 Å². The molecule has 1 saturated heterocycles. The summed E-state index contributed by atoms with van der Waals surface area (Å²) in [5, 5.41) is 4.57. The Morgan fingerprint density at radius 3 is 2.59 bits per heavy atom. The van der Waals surface area contributed by atoms with E-state index in [1.807, 2.05) is 26.8 Å². The second kappa shape index (κ2) is 7.06. The molecule has 3 aromatic heterocycles. The van der Waals surface area contributed by atoms with Crippen molar-refractivity contribution in [2.45, 2.75) is 26.4 Å². The van der Waals surface area contributed by atoms with E-state index >= 15 is 4.39 Å². The van der Waals surface area contributed by atoms with Crippen LogP contribution in [0.3, 0.4) is 0 Å². The van der Waals surface area contributed by atoms with Crippen LogP contribution >= 0.6 is 0 Å². The largest absolute Gasteiger partial charge is 0.444 e. The minimum Gasteiger partial charge on any atom is -0.444 e. The van der Waals surface area contributed by atoms with Gasteiger partial charge in [-0.2, -0.15) is 5.10 Å². The molecule has 0 aromatic carbocycles. The van der Waals surface area contributed by atoms with Gasteiger partial charge in [0.2, 0.25) is 0 Å². The van der Waals surface area contributed by atoms with Crippen molar-refractivity contribution in [1.29, 1.82) is 0 Å². The van der Waals surface area contributed by atoms with Gasteiger partial charge in [-0.25, -0.2) is 14.2 Å². The Labute approximate surface area is 168 Å². The number of fused-ring (bicyclic) bond motifs is 1. The third-order valence-corrected chi connectivity index (χ3v) is 4.88. The van der Waals surface area contributed by atoms with Gasteiger partial charge in [-0.3, -0.25) is 4.68 Å². The van der Waals surface area contributed by atoms with Crippen LogP contribution in [0, 0.1) is 5.82 Å². The lowest BCUT2D eigenvalue weighted by molar-refractivity contribution is 0.0240. The van der Waals surface area contributed by atoms with Gasteiger partial charge in [0.15, 0.2) is 5.82 Å². The highest BCUT2D eigenvalue weighted by Crippen LogP contribution is 2.34. The van der Waals surface area contributed by atoms with Crippen LogP contribution in [0.5, 0.6) is 0 Å². The van der Waals surface area contributed by atoms with Gasteiger partial charge >= 0.3 is 6.09 Å². The maximum Gasteiger partial charge on any atom is 0.410 e. The molecular weight excluding hydrogens is 375 g/mol. The molecule has 1 aliphatic rings. The number of H-pyrrole nitrogens is 1. The number of pyridine rings is 1. The number of halogens is 1. The Morgan fingerprint density at radius 1 is 1.24 bits per heavy atom. The Balaban J connectivity index is 1.58. The lowest BCUT2D eigenvalue weighted by Crippen LogP contribution is -2.50. The summed E-state index contributed by atoms with van der Waals surface area (Å²) in [6, 6.07) is 1.81. The average Bonchev–Trinajstić information content (AvgIpc) is 3.24. The van der Waals surface area contributed by atoms with Crippen molar-refractivity contribution in [3.8, 4) is 11.3 Å². The van der Waals surface area contributed by atoms with Crippen molar-refractivity contribution in [1.82, 2.24) is 24.6 Å². The fraction of sp³-hybridized carbons (Fsp3) is 0.450. The third-order valence-electron chi connectivity index (χ3n) is 4.88. The van der Waals surface area contributed by atoms with E-state index in [0.717, 1.165) is 5.69 Å². The molecule has 4 rings (SSSR count). The normalized spacial score (nSPS) is 15.2. The molecule has 1 amide bonds. The van der Waals surface area contributed by atoms with Crippen molar-refractivity contribution in [3.63, 3.8) is 0 Å². The molecule has 0 atom stereocenters. The minimum absolute atomic E-state index is 0.316. The number of hydrogen-bond acceptors (Lipinski definition) is 5. The zero-order valence-electron chi connectivity index (χ0n) is 17.1. The van der Waals surface area contributed by atoms with E-state index in [2.05, 4.69) is 20.0 Å². The molecule has 0 bridgehead atoms. The summed E-state index contributed by atoms with van der Waals surface area (Å²) in [5.41, 5.74) is 1.78. The van der Waals surface area contributed by atoms with Gasteiger partial charge in [-0.15, -0.1) is 0 Å². The molecule has 29 heavy (non-hydrogen) atoms. The number of amides is 1. The van der Waals surface area contributed by atoms with E-state index in [9.17, 15) is 4.79 Å². The van der Waals surface area contributed by atoms with Gasteiger partial charge in [0, 0.05) is 51.2 Å². The minimum atomic E-state index is -0.525. The summed E-state index contributed by atoms with van der Waals surface area (Å²) in [4.78, 5) is 23.4. The molecule has 0 saturated carbocycles. The van der Waals surface area contributed by atoms with Gasteiger partial charge in [0.05, 0.1) is 23.0 Å². The van der Waals surface area contributed by atoms with Crippen LogP contribution in [0.15, 0.2) is 24.7 Å². The van der Waals surface area contributed by atoms with Crippen molar-refractivity contribution in [2.75, 3.05) is 31.1 Å². The summed E-state index contributed by atoms with van der Waals surface area (Å²) in [6.07, 6.45) is 4.73. The molecule has 0 radical (unpaired) electrons.